The van der Waals surface area contributed by atoms with E-state index in [0.717, 1.165) is 0 Å². The maximum absolute atomic E-state index is 10.8. The third-order valence-corrected chi connectivity index (χ3v) is 3.64. The van der Waals surface area contributed by atoms with Crippen LogP contribution in [-0.4, -0.2) is 24.9 Å². The topological polar surface area (TPSA) is 67.8 Å². The molecule has 0 aliphatic carbocycles. The fourth-order valence-electron chi connectivity index (χ4n) is 1.98. The van der Waals surface area contributed by atoms with Crippen LogP contribution >= 0.6 is 23.2 Å². The van der Waals surface area contributed by atoms with E-state index in [0.29, 0.717) is 32.8 Å². The molecule has 2 aromatic rings. The number of hydrogen-bond donors (Lipinski definition) is 2. The Kier molecular flexibility index (Phi) is 5.96. The Morgan fingerprint density at radius 2 is 1.87 bits per heavy atom. The summed E-state index contributed by atoms with van der Waals surface area (Å²) in [5, 5.41) is 12.7. The third kappa shape index (κ3) is 4.68. The fourth-order valence-corrected chi connectivity index (χ4v) is 2.58. The minimum Gasteiger partial charge on any atom is -0.497 e. The number of carbonyl (C=O) groups is 1. The summed E-state index contributed by atoms with van der Waals surface area (Å²) in [7, 11) is 1.53. The monoisotopic (exact) mass is 355 g/mol. The molecule has 0 bridgehead atoms. The van der Waals surface area contributed by atoms with Gasteiger partial charge in [0, 0.05) is 17.7 Å². The predicted molar refractivity (Wildman–Crippen MR) is 89.9 cm³/mol. The van der Waals surface area contributed by atoms with Crippen molar-refractivity contribution in [2.24, 2.45) is 0 Å². The van der Waals surface area contributed by atoms with Crippen molar-refractivity contribution in [1.82, 2.24) is 0 Å². The summed E-state index contributed by atoms with van der Waals surface area (Å²) < 4.78 is 10.7. The number of carboxylic acid groups (broad SMARTS) is 1. The number of carboxylic acids is 1. The smallest absolute Gasteiger partial charge is 0.307 e. The van der Waals surface area contributed by atoms with Crippen molar-refractivity contribution >= 4 is 34.9 Å². The van der Waals surface area contributed by atoms with Crippen LogP contribution in [0.25, 0.3) is 0 Å². The molecule has 0 fully saturated rings. The summed E-state index contributed by atoms with van der Waals surface area (Å²) >= 11 is 12.3. The Morgan fingerprint density at radius 3 is 2.48 bits per heavy atom. The molecule has 2 N–H and O–H groups in total. The summed E-state index contributed by atoms with van der Waals surface area (Å²) in [6.45, 7) is 0.0857. The number of para-hydroxylation sites is 1. The SMILES string of the molecule is COc1cc(Cl)c(NCOc2ccccc2CC(=O)O)c(Cl)c1. The summed E-state index contributed by atoms with van der Waals surface area (Å²) in [5.41, 5.74) is 1.11. The summed E-state index contributed by atoms with van der Waals surface area (Å²) in [6, 6.07) is 10.2. The highest BCUT2D eigenvalue weighted by atomic mass is 35.5. The lowest BCUT2D eigenvalue weighted by atomic mass is 10.1. The van der Waals surface area contributed by atoms with Crippen LogP contribution in [0.3, 0.4) is 0 Å². The lowest BCUT2D eigenvalue weighted by Gasteiger charge is -2.14. The Labute approximate surface area is 143 Å². The molecule has 0 radical (unpaired) electrons. The molecule has 0 aliphatic rings. The van der Waals surface area contributed by atoms with Crippen molar-refractivity contribution in [3.05, 3.63) is 52.0 Å². The maximum Gasteiger partial charge on any atom is 0.307 e. The highest BCUT2D eigenvalue weighted by Gasteiger charge is 2.10. The molecule has 23 heavy (non-hydrogen) atoms. The van der Waals surface area contributed by atoms with Crippen molar-refractivity contribution in [2.75, 3.05) is 19.2 Å². The van der Waals surface area contributed by atoms with Gasteiger partial charge in [0.05, 0.1) is 29.3 Å². The van der Waals surface area contributed by atoms with Crippen molar-refractivity contribution in [3.8, 4) is 11.5 Å². The first kappa shape index (κ1) is 17.2. The molecule has 0 saturated carbocycles. The molecule has 0 saturated heterocycles. The van der Waals surface area contributed by atoms with E-state index < -0.39 is 5.97 Å². The van der Waals surface area contributed by atoms with E-state index in [1.54, 1.807) is 36.4 Å². The van der Waals surface area contributed by atoms with Crippen LogP contribution in [0.1, 0.15) is 5.56 Å². The van der Waals surface area contributed by atoms with Crippen molar-refractivity contribution < 1.29 is 19.4 Å². The molecule has 2 rings (SSSR count). The molecule has 7 heteroatoms. The van der Waals surface area contributed by atoms with E-state index in [9.17, 15) is 4.79 Å². The number of halogens is 2. The largest absolute Gasteiger partial charge is 0.497 e. The zero-order chi connectivity index (χ0) is 16.8. The van der Waals surface area contributed by atoms with Crippen LogP contribution in [-0.2, 0) is 11.2 Å². The molecule has 0 heterocycles. The fraction of sp³-hybridized carbons (Fsp3) is 0.188. The van der Waals surface area contributed by atoms with Gasteiger partial charge in [-0.3, -0.25) is 4.79 Å². The Morgan fingerprint density at radius 1 is 1.22 bits per heavy atom. The predicted octanol–water partition coefficient (Wildman–Crippen LogP) is 4.08. The van der Waals surface area contributed by atoms with E-state index in [-0.39, 0.29) is 13.2 Å². The van der Waals surface area contributed by atoms with Crippen LogP contribution < -0.4 is 14.8 Å². The number of ether oxygens (including phenoxy) is 2. The van der Waals surface area contributed by atoms with E-state index in [4.69, 9.17) is 37.8 Å². The first-order valence-electron chi connectivity index (χ1n) is 6.70. The average Bonchev–Trinajstić information content (AvgIpc) is 2.50. The Hall–Kier alpha value is -2.11. The van der Waals surface area contributed by atoms with Crippen molar-refractivity contribution in [1.29, 1.82) is 0 Å². The second-order valence-electron chi connectivity index (χ2n) is 4.61. The van der Waals surface area contributed by atoms with Gasteiger partial charge in [0.1, 0.15) is 11.5 Å². The zero-order valence-electron chi connectivity index (χ0n) is 12.3. The summed E-state index contributed by atoms with van der Waals surface area (Å²) in [6.07, 6.45) is -0.111. The second kappa shape index (κ2) is 7.94. The highest BCUT2D eigenvalue weighted by Crippen LogP contribution is 2.34. The van der Waals surface area contributed by atoms with E-state index in [1.807, 2.05) is 0 Å². The molecule has 5 nitrogen and oxygen atoms in total. The van der Waals surface area contributed by atoms with Gasteiger partial charge >= 0.3 is 5.97 Å². The Bertz CT molecular complexity index is 683. The van der Waals surface area contributed by atoms with E-state index >= 15 is 0 Å². The Balaban J connectivity index is 2.05. The van der Waals surface area contributed by atoms with Gasteiger partial charge in [0.2, 0.25) is 0 Å². The third-order valence-electron chi connectivity index (χ3n) is 3.04. The van der Waals surface area contributed by atoms with E-state index in [2.05, 4.69) is 5.32 Å². The van der Waals surface area contributed by atoms with Gasteiger partial charge in [-0.15, -0.1) is 0 Å². The molecule has 2 aromatic carbocycles. The summed E-state index contributed by atoms with van der Waals surface area (Å²) in [5.74, 6) is 0.122. The van der Waals surface area contributed by atoms with Gasteiger partial charge < -0.3 is 19.9 Å². The molecular formula is C16H15Cl2NO4. The van der Waals surface area contributed by atoms with Gasteiger partial charge in [-0.1, -0.05) is 41.4 Å². The van der Waals surface area contributed by atoms with Crippen molar-refractivity contribution in [3.63, 3.8) is 0 Å². The molecule has 0 atom stereocenters. The number of hydrogen-bond acceptors (Lipinski definition) is 4. The number of rotatable bonds is 7. The van der Waals surface area contributed by atoms with Crippen LogP contribution in [0.15, 0.2) is 36.4 Å². The maximum atomic E-state index is 10.8. The van der Waals surface area contributed by atoms with Gasteiger partial charge in [0.15, 0.2) is 6.73 Å². The van der Waals surface area contributed by atoms with Crippen LogP contribution in [0.2, 0.25) is 10.0 Å². The quantitative estimate of drug-likeness (QED) is 0.732. The van der Waals surface area contributed by atoms with Gasteiger partial charge in [-0.2, -0.15) is 0 Å². The molecule has 0 spiro atoms. The number of methoxy groups -OCH3 is 1. The number of aliphatic carboxylic acids is 1. The minimum atomic E-state index is -0.921. The lowest BCUT2D eigenvalue weighted by molar-refractivity contribution is -0.136. The van der Waals surface area contributed by atoms with Crippen LogP contribution in [0, 0.1) is 0 Å². The average molecular weight is 356 g/mol. The number of benzene rings is 2. The van der Waals surface area contributed by atoms with Gasteiger partial charge in [-0.25, -0.2) is 0 Å². The minimum absolute atomic E-state index is 0.0857. The molecule has 0 amide bonds. The standard InChI is InChI=1S/C16H15Cl2NO4/c1-22-11-7-12(17)16(13(18)8-11)19-9-23-14-5-3-2-4-10(14)6-15(20)21/h2-5,7-8,19H,6,9H2,1H3,(H,20,21). The summed E-state index contributed by atoms with van der Waals surface area (Å²) in [4.78, 5) is 10.8. The highest BCUT2D eigenvalue weighted by molar-refractivity contribution is 6.39. The number of anilines is 1. The molecule has 0 aromatic heterocycles. The molecule has 122 valence electrons. The van der Waals surface area contributed by atoms with Crippen LogP contribution in [0.4, 0.5) is 5.69 Å². The van der Waals surface area contributed by atoms with Gasteiger partial charge in [0.25, 0.3) is 0 Å². The van der Waals surface area contributed by atoms with Crippen molar-refractivity contribution in [2.45, 2.75) is 6.42 Å². The van der Waals surface area contributed by atoms with Crippen LogP contribution in [0.5, 0.6) is 11.5 Å². The number of nitrogens with one attached hydrogen (secondary N) is 1. The lowest BCUT2D eigenvalue weighted by Crippen LogP contribution is -2.11. The molecular weight excluding hydrogens is 341 g/mol. The first-order valence-corrected chi connectivity index (χ1v) is 7.46. The normalized spacial score (nSPS) is 10.2. The zero-order valence-corrected chi connectivity index (χ0v) is 13.8. The first-order chi connectivity index (χ1) is 11.0. The molecule has 0 aliphatic heterocycles. The second-order valence-corrected chi connectivity index (χ2v) is 5.42. The van der Waals surface area contributed by atoms with Gasteiger partial charge in [-0.05, 0) is 6.07 Å². The van der Waals surface area contributed by atoms with E-state index in [1.165, 1.54) is 7.11 Å². The molecule has 0 unspecified atom stereocenters.